The topological polar surface area (TPSA) is 83.5 Å². The van der Waals surface area contributed by atoms with E-state index >= 15 is 0 Å². The summed E-state index contributed by atoms with van der Waals surface area (Å²) in [5, 5.41) is 17.0. The zero-order chi connectivity index (χ0) is 16.6. The van der Waals surface area contributed by atoms with Crippen LogP contribution >= 0.6 is 0 Å². The SMILES string of the molecule is CCCCCCCCCCCO.Nc1ccc(C(=O)O)cc1. The number of hydrogen-bond acceptors (Lipinski definition) is 3. The summed E-state index contributed by atoms with van der Waals surface area (Å²) in [6, 6.07) is 6.06. The first-order valence-electron chi connectivity index (χ1n) is 8.31. The highest BCUT2D eigenvalue weighted by atomic mass is 16.4. The fraction of sp³-hybridized carbons (Fsp3) is 0.611. The molecular weight excluding hydrogens is 278 g/mol. The molecule has 1 aromatic rings. The van der Waals surface area contributed by atoms with Crippen LogP contribution < -0.4 is 5.73 Å². The summed E-state index contributed by atoms with van der Waals surface area (Å²) < 4.78 is 0. The van der Waals surface area contributed by atoms with Crippen LogP contribution in [0.5, 0.6) is 0 Å². The third kappa shape index (κ3) is 12.2. The van der Waals surface area contributed by atoms with Crippen LogP contribution in [0.15, 0.2) is 24.3 Å². The molecule has 0 heterocycles. The lowest BCUT2D eigenvalue weighted by molar-refractivity contribution is 0.0697. The minimum Gasteiger partial charge on any atom is -0.478 e. The van der Waals surface area contributed by atoms with Crippen molar-refractivity contribution in [3.8, 4) is 0 Å². The van der Waals surface area contributed by atoms with Gasteiger partial charge in [0.15, 0.2) is 0 Å². The van der Waals surface area contributed by atoms with Gasteiger partial charge in [-0.05, 0) is 30.7 Å². The van der Waals surface area contributed by atoms with Gasteiger partial charge in [0.1, 0.15) is 0 Å². The Labute approximate surface area is 134 Å². The number of unbranched alkanes of at least 4 members (excludes halogenated alkanes) is 8. The summed E-state index contributed by atoms with van der Waals surface area (Å²) in [6.07, 6.45) is 11.8. The number of benzene rings is 1. The third-order valence-electron chi connectivity index (χ3n) is 3.42. The zero-order valence-corrected chi connectivity index (χ0v) is 13.8. The molecule has 4 nitrogen and oxygen atoms in total. The highest BCUT2D eigenvalue weighted by Gasteiger charge is 1.98. The molecule has 0 spiro atoms. The van der Waals surface area contributed by atoms with Gasteiger partial charge in [0.05, 0.1) is 5.56 Å². The average molecular weight is 309 g/mol. The maximum absolute atomic E-state index is 10.3. The van der Waals surface area contributed by atoms with Crippen molar-refractivity contribution in [1.29, 1.82) is 0 Å². The summed E-state index contributed by atoms with van der Waals surface area (Å²) in [4.78, 5) is 10.3. The number of anilines is 1. The van der Waals surface area contributed by atoms with Gasteiger partial charge in [0, 0.05) is 12.3 Å². The number of hydrogen-bond donors (Lipinski definition) is 3. The second-order valence-electron chi connectivity index (χ2n) is 5.48. The van der Waals surface area contributed by atoms with Crippen LogP contribution in [-0.2, 0) is 0 Å². The molecule has 0 atom stereocenters. The van der Waals surface area contributed by atoms with Gasteiger partial charge >= 0.3 is 5.97 Å². The molecule has 0 unspecified atom stereocenters. The second-order valence-corrected chi connectivity index (χ2v) is 5.48. The second kappa shape index (κ2) is 14.4. The number of aromatic carboxylic acids is 1. The van der Waals surface area contributed by atoms with E-state index in [4.69, 9.17) is 15.9 Å². The predicted octanol–water partition coefficient (Wildman–Crippen LogP) is 4.48. The van der Waals surface area contributed by atoms with E-state index in [-0.39, 0.29) is 5.56 Å². The van der Waals surface area contributed by atoms with Crippen molar-refractivity contribution in [3.05, 3.63) is 29.8 Å². The molecular formula is C18H31NO3. The fourth-order valence-electron chi connectivity index (χ4n) is 2.05. The number of carboxylic acids is 1. The molecule has 0 aromatic heterocycles. The maximum Gasteiger partial charge on any atom is 0.335 e. The standard InChI is InChI=1S/C11H24O.C7H7NO2/c1-2-3-4-5-6-7-8-9-10-11-12;8-6-3-1-5(2-4-6)7(9)10/h12H,2-11H2,1H3;1-4H,8H2,(H,9,10). The van der Waals surface area contributed by atoms with E-state index < -0.39 is 5.97 Å². The lowest BCUT2D eigenvalue weighted by Gasteiger charge is -1.99. The number of aliphatic hydroxyl groups is 1. The van der Waals surface area contributed by atoms with Crippen LogP contribution in [0.25, 0.3) is 0 Å². The van der Waals surface area contributed by atoms with Gasteiger partial charge in [-0.3, -0.25) is 0 Å². The number of carbonyl (C=O) groups is 1. The van der Waals surface area contributed by atoms with Gasteiger partial charge in [0.2, 0.25) is 0 Å². The van der Waals surface area contributed by atoms with Crippen LogP contribution in [-0.4, -0.2) is 22.8 Å². The molecule has 0 aliphatic carbocycles. The molecule has 1 rings (SSSR count). The van der Waals surface area contributed by atoms with Gasteiger partial charge in [-0.25, -0.2) is 4.79 Å². The zero-order valence-electron chi connectivity index (χ0n) is 13.8. The fourth-order valence-corrected chi connectivity index (χ4v) is 2.05. The Morgan fingerprint density at radius 2 is 1.36 bits per heavy atom. The van der Waals surface area contributed by atoms with Gasteiger partial charge in [-0.2, -0.15) is 0 Å². The molecule has 0 amide bonds. The van der Waals surface area contributed by atoms with E-state index in [1.165, 1.54) is 63.5 Å². The number of carboxylic acid groups (broad SMARTS) is 1. The molecule has 0 saturated heterocycles. The summed E-state index contributed by atoms with van der Waals surface area (Å²) in [5.41, 5.74) is 6.17. The van der Waals surface area contributed by atoms with Crippen LogP contribution in [0.2, 0.25) is 0 Å². The Kier molecular flexibility index (Phi) is 13.4. The smallest absolute Gasteiger partial charge is 0.335 e. The minimum atomic E-state index is -0.931. The number of nitrogen functional groups attached to an aromatic ring is 1. The molecule has 22 heavy (non-hydrogen) atoms. The molecule has 0 fully saturated rings. The lowest BCUT2D eigenvalue weighted by atomic mass is 10.1. The molecule has 0 saturated carbocycles. The number of rotatable bonds is 10. The van der Waals surface area contributed by atoms with Crippen molar-refractivity contribution >= 4 is 11.7 Å². The predicted molar refractivity (Wildman–Crippen MR) is 92.1 cm³/mol. The van der Waals surface area contributed by atoms with Crippen molar-refractivity contribution in [3.63, 3.8) is 0 Å². The summed E-state index contributed by atoms with van der Waals surface area (Å²) in [7, 11) is 0. The third-order valence-corrected chi connectivity index (χ3v) is 3.42. The lowest BCUT2D eigenvalue weighted by Crippen LogP contribution is -1.95. The molecule has 1 aromatic carbocycles. The van der Waals surface area contributed by atoms with E-state index in [9.17, 15) is 4.79 Å². The molecule has 4 N–H and O–H groups in total. The van der Waals surface area contributed by atoms with Crippen molar-refractivity contribution in [2.24, 2.45) is 0 Å². The summed E-state index contributed by atoms with van der Waals surface area (Å²) in [6.45, 7) is 2.62. The summed E-state index contributed by atoms with van der Waals surface area (Å²) in [5.74, 6) is -0.931. The first-order valence-corrected chi connectivity index (χ1v) is 8.31. The number of nitrogens with two attached hydrogens (primary N) is 1. The first-order chi connectivity index (χ1) is 10.6. The van der Waals surface area contributed by atoms with E-state index in [0.29, 0.717) is 12.3 Å². The van der Waals surface area contributed by atoms with Gasteiger partial charge < -0.3 is 15.9 Å². The Morgan fingerprint density at radius 1 is 0.909 bits per heavy atom. The molecule has 0 bridgehead atoms. The van der Waals surface area contributed by atoms with Crippen LogP contribution in [0.4, 0.5) is 5.69 Å². The van der Waals surface area contributed by atoms with E-state index in [1.54, 1.807) is 12.1 Å². The van der Waals surface area contributed by atoms with Crippen LogP contribution in [0.3, 0.4) is 0 Å². The van der Waals surface area contributed by atoms with E-state index in [2.05, 4.69) is 6.92 Å². The van der Waals surface area contributed by atoms with E-state index in [0.717, 1.165) is 6.42 Å². The average Bonchev–Trinajstić information content (AvgIpc) is 2.51. The van der Waals surface area contributed by atoms with Crippen LogP contribution in [0.1, 0.15) is 75.1 Å². The molecule has 0 aliphatic heterocycles. The van der Waals surface area contributed by atoms with E-state index in [1.807, 2.05) is 0 Å². The van der Waals surface area contributed by atoms with Crippen molar-refractivity contribution in [1.82, 2.24) is 0 Å². The Hall–Kier alpha value is -1.55. The van der Waals surface area contributed by atoms with Crippen LogP contribution in [0, 0.1) is 0 Å². The Balaban J connectivity index is 0.000000406. The van der Waals surface area contributed by atoms with Gasteiger partial charge in [0.25, 0.3) is 0 Å². The summed E-state index contributed by atoms with van der Waals surface area (Å²) >= 11 is 0. The Morgan fingerprint density at radius 3 is 1.77 bits per heavy atom. The van der Waals surface area contributed by atoms with Gasteiger partial charge in [-0.1, -0.05) is 58.3 Å². The highest BCUT2D eigenvalue weighted by molar-refractivity contribution is 5.87. The normalized spacial score (nSPS) is 9.91. The molecule has 0 radical (unpaired) electrons. The quantitative estimate of drug-likeness (QED) is 0.439. The molecule has 126 valence electrons. The number of aliphatic hydroxyl groups excluding tert-OH is 1. The van der Waals surface area contributed by atoms with Gasteiger partial charge in [-0.15, -0.1) is 0 Å². The monoisotopic (exact) mass is 309 g/mol. The van der Waals surface area contributed by atoms with Crippen molar-refractivity contribution < 1.29 is 15.0 Å². The minimum absolute atomic E-state index is 0.259. The maximum atomic E-state index is 10.3. The highest BCUT2D eigenvalue weighted by Crippen LogP contribution is 2.09. The van der Waals surface area contributed by atoms with Crippen molar-refractivity contribution in [2.75, 3.05) is 12.3 Å². The molecule has 4 heteroatoms. The molecule has 0 aliphatic rings. The Bertz CT molecular complexity index is 366. The van der Waals surface area contributed by atoms with Crippen molar-refractivity contribution in [2.45, 2.75) is 64.7 Å². The largest absolute Gasteiger partial charge is 0.478 e. The first kappa shape index (κ1) is 20.5.